The van der Waals surface area contributed by atoms with Gasteiger partial charge in [0.2, 0.25) is 0 Å². The van der Waals surface area contributed by atoms with Crippen LogP contribution >= 0.6 is 0 Å². The Morgan fingerprint density at radius 1 is 0.400 bits per heavy atom. The van der Waals surface area contributed by atoms with Crippen molar-refractivity contribution in [3.05, 3.63) is 152 Å². The molecular weight excluding hydrogens is 486 g/mol. The van der Waals surface area contributed by atoms with Crippen LogP contribution in [0.25, 0.3) is 54.6 Å². The molecule has 188 valence electrons. The van der Waals surface area contributed by atoms with Gasteiger partial charge >= 0.3 is 0 Å². The van der Waals surface area contributed by atoms with E-state index in [0.29, 0.717) is 0 Å². The van der Waals surface area contributed by atoms with Crippen LogP contribution < -0.4 is 4.90 Å². The molecule has 1 heterocycles. The van der Waals surface area contributed by atoms with Crippen molar-refractivity contribution in [1.29, 1.82) is 0 Å². The molecule has 0 aliphatic rings. The van der Waals surface area contributed by atoms with E-state index < -0.39 is 0 Å². The lowest BCUT2D eigenvalue weighted by Crippen LogP contribution is -2.10. The largest absolute Gasteiger partial charge is 0.456 e. The van der Waals surface area contributed by atoms with Crippen molar-refractivity contribution in [1.82, 2.24) is 0 Å². The first-order chi connectivity index (χ1) is 19.8. The lowest BCUT2D eigenvalue weighted by molar-refractivity contribution is 0.669. The van der Waals surface area contributed by atoms with Crippen molar-refractivity contribution < 1.29 is 4.42 Å². The van der Waals surface area contributed by atoms with E-state index in [1.54, 1.807) is 0 Å². The maximum absolute atomic E-state index is 6.23. The number of hydrogen-bond acceptors (Lipinski definition) is 2. The zero-order valence-electron chi connectivity index (χ0n) is 21.8. The average molecular weight is 512 g/mol. The Bertz CT molecular complexity index is 2150. The average Bonchev–Trinajstić information content (AvgIpc) is 3.41. The lowest BCUT2D eigenvalue weighted by atomic mass is 9.94. The predicted molar refractivity (Wildman–Crippen MR) is 169 cm³/mol. The standard InChI is InChI=1S/C38H25NO/c1-2-13-29(14-3-1)39(34-18-9-11-26-10-4-5-15-31(26)34)30-23-20-27(21-24-30)32-17-8-12-28-22-25-36-38(37(28)32)33-16-6-7-19-35(33)40-36/h1-25H. The van der Waals surface area contributed by atoms with E-state index >= 15 is 0 Å². The molecule has 1 aromatic heterocycles. The van der Waals surface area contributed by atoms with E-state index in [0.717, 1.165) is 33.6 Å². The summed E-state index contributed by atoms with van der Waals surface area (Å²) in [7, 11) is 0. The van der Waals surface area contributed by atoms with Gasteiger partial charge in [-0.05, 0) is 64.4 Å². The second-order valence-electron chi connectivity index (χ2n) is 10.2. The Morgan fingerprint density at radius 3 is 1.95 bits per heavy atom. The summed E-state index contributed by atoms with van der Waals surface area (Å²) >= 11 is 0. The van der Waals surface area contributed by atoms with Crippen molar-refractivity contribution >= 4 is 60.5 Å². The first-order valence-corrected chi connectivity index (χ1v) is 13.6. The number of hydrogen-bond donors (Lipinski definition) is 0. The van der Waals surface area contributed by atoms with Crippen LogP contribution in [0.2, 0.25) is 0 Å². The van der Waals surface area contributed by atoms with Gasteiger partial charge in [0.05, 0.1) is 5.69 Å². The smallest absolute Gasteiger partial charge is 0.136 e. The molecule has 8 aromatic rings. The highest BCUT2D eigenvalue weighted by Gasteiger charge is 2.17. The summed E-state index contributed by atoms with van der Waals surface area (Å²) in [6, 6.07) is 53.7. The fourth-order valence-electron chi connectivity index (χ4n) is 6.03. The number of furan rings is 1. The third kappa shape index (κ3) is 3.58. The number of anilines is 3. The summed E-state index contributed by atoms with van der Waals surface area (Å²) in [5, 5.41) is 7.22. The van der Waals surface area contributed by atoms with Crippen LogP contribution in [-0.4, -0.2) is 0 Å². The van der Waals surface area contributed by atoms with Gasteiger partial charge in [0.1, 0.15) is 11.2 Å². The Morgan fingerprint density at radius 2 is 1.07 bits per heavy atom. The number of rotatable bonds is 4. The molecule has 0 bridgehead atoms. The highest BCUT2D eigenvalue weighted by atomic mass is 16.3. The van der Waals surface area contributed by atoms with Crippen molar-refractivity contribution in [3.63, 3.8) is 0 Å². The first-order valence-electron chi connectivity index (χ1n) is 13.6. The third-order valence-electron chi connectivity index (χ3n) is 7.84. The van der Waals surface area contributed by atoms with Gasteiger partial charge in [-0.25, -0.2) is 0 Å². The number of nitrogens with zero attached hydrogens (tertiary/aromatic N) is 1. The fourth-order valence-corrected chi connectivity index (χ4v) is 6.03. The molecule has 0 atom stereocenters. The molecule has 0 aliphatic heterocycles. The summed E-state index contributed by atoms with van der Waals surface area (Å²) in [5.41, 5.74) is 7.63. The molecule has 0 radical (unpaired) electrons. The van der Waals surface area contributed by atoms with Gasteiger partial charge in [0.15, 0.2) is 0 Å². The van der Waals surface area contributed by atoms with Gasteiger partial charge in [-0.2, -0.15) is 0 Å². The van der Waals surface area contributed by atoms with Crippen molar-refractivity contribution in [3.8, 4) is 11.1 Å². The summed E-state index contributed by atoms with van der Waals surface area (Å²) in [5.74, 6) is 0. The van der Waals surface area contributed by atoms with E-state index in [1.807, 2.05) is 12.1 Å². The molecule has 0 saturated carbocycles. The topological polar surface area (TPSA) is 16.4 Å². The molecule has 8 rings (SSSR count). The minimum atomic E-state index is 0.920. The monoisotopic (exact) mass is 511 g/mol. The van der Waals surface area contributed by atoms with Crippen molar-refractivity contribution in [2.24, 2.45) is 0 Å². The number of fused-ring (bicyclic) bond motifs is 6. The molecule has 2 heteroatoms. The van der Waals surface area contributed by atoms with Gasteiger partial charge in [-0.3, -0.25) is 0 Å². The Balaban J connectivity index is 1.32. The van der Waals surface area contributed by atoms with Gasteiger partial charge in [-0.1, -0.05) is 109 Å². The molecular formula is C38H25NO. The molecule has 40 heavy (non-hydrogen) atoms. The molecule has 0 aliphatic carbocycles. The summed E-state index contributed by atoms with van der Waals surface area (Å²) in [6.45, 7) is 0. The minimum Gasteiger partial charge on any atom is -0.456 e. The summed E-state index contributed by atoms with van der Waals surface area (Å²) < 4.78 is 6.23. The quantitative estimate of drug-likeness (QED) is 0.234. The molecule has 0 amide bonds. The van der Waals surface area contributed by atoms with E-state index in [2.05, 4.69) is 144 Å². The predicted octanol–water partition coefficient (Wildman–Crippen LogP) is 11.0. The van der Waals surface area contributed by atoms with Crippen LogP contribution in [0.4, 0.5) is 17.1 Å². The van der Waals surface area contributed by atoms with Crippen LogP contribution in [-0.2, 0) is 0 Å². The molecule has 2 nitrogen and oxygen atoms in total. The lowest BCUT2D eigenvalue weighted by Gasteiger charge is -2.27. The second kappa shape index (κ2) is 9.14. The van der Waals surface area contributed by atoms with Gasteiger partial charge < -0.3 is 9.32 Å². The van der Waals surface area contributed by atoms with Crippen LogP contribution in [0, 0.1) is 0 Å². The second-order valence-corrected chi connectivity index (χ2v) is 10.2. The van der Waals surface area contributed by atoms with E-state index in [4.69, 9.17) is 4.42 Å². The van der Waals surface area contributed by atoms with Crippen LogP contribution in [0.15, 0.2) is 156 Å². The Kier molecular flexibility index (Phi) is 5.17. The Hall–Kier alpha value is -5.34. The molecule has 0 spiro atoms. The van der Waals surface area contributed by atoms with Gasteiger partial charge in [-0.15, -0.1) is 0 Å². The van der Waals surface area contributed by atoms with Crippen LogP contribution in [0.3, 0.4) is 0 Å². The molecule has 0 N–H and O–H groups in total. The minimum absolute atomic E-state index is 0.920. The van der Waals surface area contributed by atoms with E-state index in [1.165, 1.54) is 38.1 Å². The van der Waals surface area contributed by atoms with Gasteiger partial charge in [0.25, 0.3) is 0 Å². The Labute approximate surface area is 232 Å². The van der Waals surface area contributed by atoms with Crippen molar-refractivity contribution in [2.75, 3.05) is 4.90 Å². The fraction of sp³-hybridized carbons (Fsp3) is 0. The summed E-state index contributed by atoms with van der Waals surface area (Å²) in [4.78, 5) is 2.34. The zero-order valence-corrected chi connectivity index (χ0v) is 21.8. The molecule has 0 fully saturated rings. The molecule has 0 unspecified atom stereocenters. The van der Waals surface area contributed by atoms with E-state index in [-0.39, 0.29) is 0 Å². The zero-order chi connectivity index (χ0) is 26.5. The van der Waals surface area contributed by atoms with Crippen LogP contribution in [0.1, 0.15) is 0 Å². The number of para-hydroxylation sites is 2. The normalized spacial score (nSPS) is 11.5. The van der Waals surface area contributed by atoms with Crippen LogP contribution in [0.5, 0.6) is 0 Å². The third-order valence-corrected chi connectivity index (χ3v) is 7.84. The maximum atomic E-state index is 6.23. The first kappa shape index (κ1) is 22.6. The van der Waals surface area contributed by atoms with Crippen molar-refractivity contribution in [2.45, 2.75) is 0 Å². The van der Waals surface area contributed by atoms with Gasteiger partial charge in [0, 0.05) is 32.9 Å². The SMILES string of the molecule is c1ccc(N(c2ccc(-c3cccc4ccc5oc6ccccc6c5c34)cc2)c2cccc3ccccc23)cc1. The maximum Gasteiger partial charge on any atom is 0.136 e. The number of benzene rings is 7. The highest BCUT2D eigenvalue weighted by Crippen LogP contribution is 2.42. The summed E-state index contributed by atoms with van der Waals surface area (Å²) in [6.07, 6.45) is 0. The highest BCUT2D eigenvalue weighted by molar-refractivity contribution is 6.22. The molecule has 7 aromatic carbocycles. The molecule has 0 saturated heterocycles. The van der Waals surface area contributed by atoms with E-state index in [9.17, 15) is 0 Å².